The number of hydrogen-bond donors (Lipinski definition) is 0. The molecule has 0 heterocycles. The first-order valence-electron chi connectivity index (χ1n) is 25.0. The summed E-state index contributed by atoms with van der Waals surface area (Å²) in [5, 5.41) is 0. The summed E-state index contributed by atoms with van der Waals surface area (Å²) >= 11 is 0. The van der Waals surface area contributed by atoms with Crippen molar-refractivity contribution in [2.24, 2.45) is 29.6 Å². The highest BCUT2D eigenvalue weighted by Crippen LogP contribution is 2.36. The SMILES string of the molecule is CCCCCCCCC(C)CC(CCCCCCCC)CC(CCCCCCCC)CC(CCCCCCCC)CC(C)CCCCCCCC. The van der Waals surface area contributed by atoms with Crippen LogP contribution in [0.15, 0.2) is 0 Å². The van der Waals surface area contributed by atoms with E-state index in [2.05, 4.69) is 48.5 Å². The molecule has 0 aliphatic rings. The molecule has 0 aromatic heterocycles. The molecule has 0 radical (unpaired) electrons. The normalized spacial score (nSPS) is 14.9. The van der Waals surface area contributed by atoms with E-state index < -0.39 is 0 Å². The summed E-state index contributed by atoms with van der Waals surface area (Å²) in [5.74, 6) is 4.78. The predicted octanol–water partition coefficient (Wildman–Crippen LogP) is 19.4. The molecule has 0 spiro atoms. The van der Waals surface area contributed by atoms with Gasteiger partial charge < -0.3 is 0 Å². The van der Waals surface area contributed by atoms with Crippen LogP contribution in [0.25, 0.3) is 0 Å². The van der Waals surface area contributed by atoms with Crippen LogP contribution in [-0.4, -0.2) is 0 Å². The van der Waals surface area contributed by atoms with Crippen molar-refractivity contribution in [3.63, 3.8) is 0 Å². The van der Waals surface area contributed by atoms with Crippen LogP contribution >= 0.6 is 0 Å². The monoisotopic (exact) mass is 717 g/mol. The third-order valence-corrected chi connectivity index (χ3v) is 12.8. The van der Waals surface area contributed by atoms with E-state index in [-0.39, 0.29) is 0 Å². The van der Waals surface area contributed by atoms with Crippen molar-refractivity contribution in [3.8, 4) is 0 Å². The molecule has 0 saturated heterocycles. The summed E-state index contributed by atoms with van der Waals surface area (Å²) in [7, 11) is 0. The van der Waals surface area contributed by atoms with Crippen LogP contribution in [0.4, 0.5) is 0 Å². The summed E-state index contributed by atoms with van der Waals surface area (Å²) < 4.78 is 0. The van der Waals surface area contributed by atoms with Crippen molar-refractivity contribution in [2.75, 3.05) is 0 Å². The first-order chi connectivity index (χ1) is 25.0. The quantitative estimate of drug-likeness (QED) is 0.0551. The lowest BCUT2D eigenvalue weighted by Crippen LogP contribution is -2.18. The van der Waals surface area contributed by atoms with Gasteiger partial charge >= 0.3 is 0 Å². The average molecular weight is 717 g/mol. The number of rotatable bonds is 43. The van der Waals surface area contributed by atoms with Gasteiger partial charge in [-0.2, -0.15) is 0 Å². The second-order valence-electron chi connectivity index (χ2n) is 18.5. The molecule has 0 nitrogen and oxygen atoms in total. The largest absolute Gasteiger partial charge is 0.0654 e. The maximum absolute atomic E-state index is 2.63. The smallest absolute Gasteiger partial charge is 0.0409 e. The van der Waals surface area contributed by atoms with Crippen LogP contribution in [0.2, 0.25) is 0 Å². The highest BCUT2D eigenvalue weighted by atomic mass is 14.3. The molecule has 308 valence electrons. The fraction of sp³-hybridized carbons (Fsp3) is 1.00. The highest BCUT2D eigenvalue weighted by molar-refractivity contribution is 4.75. The van der Waals surface area contributed by atoms with Crippen molar-refractivity contribution in [3.05, 3.63) is 0 Å². The Labute approximate surface area is 327 Å². The third-order valence-electron chi connectivity index (χ3n) is 12.8. The van der Waals surface area contributed by atoms with Gasteiger partial charge in [0.05, 0.1) is 0 Å². The Balaban J connectivity index is 5.59. The molecular weight excluding hydrogens is 613 g/mol. The van der Waals surface area contributed by atoms with E-state index >= 15 is 0 Å². The molecule has 0 heteroatoms. The Kier molecular flexibility index (Phi) is 41.2. The number of unbranched alkanes of at least 4 members (excludes halogenated alkanes) is 25. The second kappa shape index (κ2) is 41.2. The topological polar surface area (TPSA) is 0 Å². The minimum Gasteiger partial charge on any atom is -0.0654 e. The van der Waals surface area contributed by atoms with Gasteiger partial charge in [0.25, 0.3) is 0 Å². The van der Waals surface area contributed by atoms with E-state index in [0.717, 1.165) is 29.6 Å². The zero-order chi connectivity index (χ0) is 37.5. The van der Waals surface area contributed by atoms with Gasteiger partial charge in [-0.05, 0) is 55.3 Å². The van der Waals surface area contributed by atoms with Gasteiger partial charge in [0, 0.05) is 0 Å². The Morgan fingerprint density at radius 2 is 0.412 bits per heavy atom. The maximum Gasteiger partial charge on any atom is -0.0409 e. The van der Waals surface area contributed by atoms with E-state index in [1.807, 2.05) is 0 Å². The first kappa shape index (κ1) is 51.0. The van der Waals surface area contributed by atoms with Crippen LogP contribution in [-0.2, 0) is 0 Å². The van der Waals surface area contributed by atoms with E-state index in [1.54, 1.807) is 12.8 Å². The molecule has 4 unspecified atom stereocenters. The minimum absolute atomic E-state index is 0.923. The first-order valence-corrected chi connectivity index (χ1v) is 25.0. The summed E-state index contributed by atoms with van der Waals surface area (Å²) in [6.45, 7) is 17.0. The highest BCUT2D eigenvalue weighted by Gasteiger charge is 2.23. The summed E-state index contributed by atoms with van der Waals surface area (Å²) in [6, 6.07) is 0. The molecule has 0 rings (SSSR count). The molecule has 0 saturated carbocycles. The van der Waals surface area contributed by atoms with Crippen LogP contribution in [0.5, 0.6) is 0 Å². The molecule has 0 fully saturated rings. The van der Waals surface area contributed by atoms with Crippen molar-refractivity contribution in [1.82, 2.24) is 0 Å². The molecule has 4 atom stereocenters. The van der Waals surface area contributed by atoms with Gasteiger partial charge in [-0.3, -0.25) is 0 Å². The zero-order valence-electron chi connectivity index (χ0n) is 37.5. The van der Waals surface area contributed by atoms with Gasteiger partial charge in [0.2, 0.25) is 0 Å². The van der Waals surface area contributed by atoms with E-state index in [4.69, 9.17) is 0 Å². The van der Waals surface area contributed by atoms with Crippen LogP contribution in [0, 0.1) is 29.6 Å². The Hall–Kier alpha value is 0. The summed E-state index contributed by atoms with van der Waals surface area (Å²) in [5.41, 5.74) is 0. The third kappa shape index (κ3) is 36.7. The van der Waals surface area contributed by atoms with E-state index in [9.17, 15) is 0 Å². The van der Waals surface area contributed by atoms with Gasteiger partial charge in [-0.25, -0.2) is 0 Å². The molecule has 0 aliphatic carbocycles. The standard InChI is InChI=1S/C51H104/c1-8-13-18-23-28-33-38-47(6)43-49(40-35-30-25-20-15-10-3)45-51(42-37-32-27-22-17-12-5)46-50(41-36-31-26-21-16-11-4)44-48(7)39-34-29-24-19-14-9-2/h47-51H,8-46H2,1-7H3. The van der Waals surface area contributed by atoms with Crippen molar-refractivity contribution in [2.45, 2.75) is 299 Å². The summed E-state index contributed by atoms with van der Waals surface area (Å²) in [4.78, 5) is 0. The lowest BCUT2D eigenvalue weighted by Gasteiger charge is -2.30. The van der Waals surface area contributed by atoms with Crippen molar-refractivity contribution < 1.29 is 0 Å². The van der Waals surface area contributed by atoms with Crippen LogP contribution in [0.1, 0.15) is 299 Å². The van der Waals surface area contributed by atoms with Gasteiger partial charge in [0.15, 0.2) is 0 Å². The molecule has 0 N–H and O–H groups in total. The van der Waals surface area contributed by atoms with Gasteiger partial charge in [-0.15, -0.1) is 0 Å². The zero-order valence-corrected chi connectivity index (χ0v) is 37.5. The molecule has 0 aromatic carbocycles. The minimum atomic E-state index is 0.923. The molecule has 0 bridgehead atoms. The van der Waals surface area contributed by atoms with Crippen molar-refractivity contribution in [1.29, 1.82) is 0 Å². The molecule has 0 aliphatic heterocycles. The van der Waals surface area contributed by atoms with E-state index in [0.29, 0.717) is 0 Å². The fourth-order valence-corrected chi connectivity index (χ4v) is 9.50. The Morgan fingerprint density at radius 3 is 0.667 bits per heavy atom. The summed E-state index contributed by atoms with van der Waals surface area (Å²) in [6.07, 6.45) is 57.3. The van der Waals surface area contributed by atoms with E-state index in [1.165, 1.54) is 238 Å². The molecule has 0 amide bonds. The van der Waals surface area contributed by atoms with Crippen LogP contribution < -0.4 is 0 Å². The lowest BCUT2D eigenvalue weighted by molar-refractivity contribution is 0.216. The lowest BCUT2D eigenvalue weighted by atomic mass is 9.75. The van der Waals surface area contributed by atoms with Crippen LogP contribution in [0.3, 0.4) is 0 Å². The molecular formula is C51H104. The average Bonchev–Trinajstić information content (AvgIpc) is 3.12. The predicted molar refractivity (Wildman–Crippen MR) is 237 cm³/mol. The fourth-order valence-electron chi connectivity index (χ4n) is 9.50. The molecule has 51 heavy (non-hydrogen) atoms. The second-order valence-corrected chi connectivity index (χ2v) is 18.5. The number of hydrogen-bond acceptors (Lipinski definition) is 0. The van der Waals surface area contributed by atoms with Gasteiger partial charge in [0.1, 0.15) is 0 Å². The Morgan fingerprint density at radius 1 is 0.216 bits per heavy atom. The maximum atomic E-state index is 2.63. The van der Waals surface area contributed by atoms with Crippen molar-refractivity contribution >= 4 is 0 Å². The Bertz CT molecular complexity index is 576. The van der Waals surface area contributed by atoms with Gasteiger partial charge in [-0.1, -0.05) is 273 Å². The molecule has 0 aromatic rings.